The SMILES string of the molecule is Cc1ccccc1C=C1Oc2cc(OCc3ccccc3C)ccc2C1=O. The molecule has 3 nitrogen and oxygen atoms in total. The van der Waals surface area contributed by atoms with Crippen molar-refractivity contribution in [2.75, 3.05) is 0 Å². The highest BCUT2D eigenvalue weighted by atomic mass is 16.5. The van der Waals surface area contributed by atoms with Crippen LogP contribution in [0, 0.1) is 13.8 Å². The zero-order chi connectivity index (χ0) is 18.8. The van der Waals surface area contributed by atoms with E-state index in [0.717, 1.165) is 16.7 Å². The molecule has 0 unspecified atom stereocenters. The van der Waals surface area contributed by atoms with Crippen molar-refractivity contribution in [3.63, 3.8) is 0 Å². The summed E-state index contributed by atoms with van der Waals surface area (Å²) in [4.78, 5) is 12.6. The van der Waals surface area contributed by atoms with Crippen molar-refractivity contribution < 1.29 is 14.3 Å². The molecule has 1 aliphatic heterocycles. The molecule has 1 aliphatic rings. The molecular formula is C24H20O3. The number of ketones is 1. The first-order valence-electron chi connectivity index (χ1n) is 8.93. The van der Waals surface area contributed by atoms with Crippen molar-refractivity contribution in [3.8, 4) is 11.5 Å². The molecule has 0 amide bonds. The lowest BCUT2D eigenvalue weighted by atomic mass is 10.1. The Balaban J connectivity index is 1.54. The van der Waals surface area contributed by atoms with E-state index in [1.807, 2.05) is 55.5 Å². The Bertz CT molecular complexity index is 1050. The van der Waals surface area contributed by atoms with E-state index in [0.29, 0.717) is 29.4 Å². The van der Waals surface area contributed by atoms with Crippen LogP contribution < -0.4 is 9.47 Å². The van der Waals surface area contributed by atoms with Gasteiger partial charge >= 0.3 is 0 Å². The number of hydrogen-bond donors (Lipinski definition) is 0. The van der Waals surface area contributed by atoms with E-state index in [1.54, 1.807) is 18.2 Å². The van der Waals surface area contributed by atoms with Crippen molar-refractivity contribution in [1.29, 1.82) is 0 Å². The highest BCUT2D eigenvalue weighted by Crippen LogP contribution is 2.35. The number of allylic oxidation sites excluding steroid dienone is 1. The van der Waals surface area contributed by atoms with Gasteiger partial charge in [-0.25, -0.2) is 0 Å². The quantitative estimate of drug-likeness (QED) is 0.579. The molecule has 3 aromatic carbocycles. The molecule has 1 heterocycles. The van der Waals surface area contributed by atoms with Gasteiger partial charge in [-0.05, 0) is 54.3 Å². The zero-order valence-corrected chi connectivity index (χ0v) is 15.4. The Morgan fingerprint density at radius 1 is 0.926 bits per heavy atom. The largest absolute Gasteiger partial charge is 0.489 e. The molecule has 0 aliphatic carbocycles. The molecular weight excluding hydrogens is 336 g/mol. The Hall–Kier alpha value is -3.33. The van der Waals surface area contributed by atoms with Gasteiger partial charge in [0.15, 0.2) is 5.76 Å². The van der Waals surface area contributed by atoms with Crippen LogP contribution in [0.1, 0.15) is 32.6 Å². The highest BCUT2D eigenvalue weighted by Gasteiger charge is 2.27. The minimum atomic E-state index is -0.0984. The Morgan fingerprint density at radius 3 is 2.44 bits per heavy atom. The van der Waals surface area contributed by atoms with E-state index in [4.69, 9.17) is 9.47 Å². The highest BCUT2D eigenvalue weighted by molar-refractivity contribution is 6.14. The number of ether oxygens (including phenoxy) is 2. The lowest BCUT2D eigenvalue weighted by Crippen LogP contribution is -1.98. The minimum absolute atomic E-state index is 0.0984. The molecule has 0 spiro atoms. The van der Waals surface area contributed by atoms with E-state index < -0.39 is 0 Å². The summed E-state index contributed by atoms with van der Waals surface area (Å²) in [5.74, 6) is 1.47. The van der Waals surface area contributed by atoms with Crippen LogP contribution in [0.3, 0.4) is 0 Å². The molecule has 0 saturated carbocycles. The fourth-order valence-corrected chi connectivity index (χ4v) is 3.08. The zero-order valence-electron chi connectivity index (χ0n) is 15.4. The number of hydrogen-bond acceptors (Lipinski definition) is 3. The Labute approximate surface area is 158 Å². The molecule has 27 heavy (non-hydrogen) atoms. The van der Waals surface area contributed by atoms with Gasteiger partial charge in [-0.15, -0.1) is 0 Å². The summed E-state index contributed by atoms with van der Waals surface area (Å²) >= 11 is 0. The smallest absolute Gasteiger partial charge is 0.231 e. The molecule has 0 fully saturated rings. The maximum atomic E-state index is 12.6. The van der Waals surface area contributed by atoms with Crippen LogP contribution in [-0.2, 0) is 6.61 Å². The summed E-state index contributed by atoms with van der Waals surface area (Å²) in [7, 11) is 0. The molecule has 0 atom stereocenters. The predicted octanol–water partition coefficient (Wildman–Crippen LogP) is 5.50. The van der Waals surface area contributed by atoms with Crippen LogP contribution >= 0.6 is 0 Å². The van der Waals surface area contributed by atoms with E-state index in [2.05, 4.69) is 13.0 Å². The number of carbonyl (C=O) groups is 1. The van der Waals surface area contributed by atoms with E-state index in [9.17, 15) is 4.79 Å². The Morgan fingerprint density at radius 2 is 1.67 bits per heavy atom. The van der Waals surface area contributed by atoms with Crippen LogP contribution in [-0.4, -0.2) is 5.78 Å². The topological polar surface area (TPSA) is 35.5 Å². The number of benzene rings is 3. The van der Waals surface area contributed by atoms with Gasteiger partial charge < -0.3 is 9.47 Å². The molecule has 0 saturated heterocycles. The van der Waals surface area contributed by atoms with Gasteiger partial charge in [-0.2, -0.15) is 0 Å². The molecule has 134 valence electrons. The molecule has 0 radical (unpaired) electrons. The second kappa shape index (κ2) is 7.12. The number of fused-ring (bicyclic) bond motifs is 1. The van der Waals surface area contributed by atoms with Gasteiger partial charge in [0.25, 0.3) is 0 Å². The maximum absolute atomic E-state index is 12.6. The maximum Gasteiger partial charge on any atom is 0.231 e. The average molecular weight is 356 g/mol. The molecule has 3 heteroatoms. The van der Waals surface area contributed by atoms with E-state index in [1.165, 1.54) is 5.56 Å². The predicted molar refractivity (Wildman–Crippen MR) is 106 cm³/mol. The van der Waals surface area contributed by atoms with Gasteiger partial charge in [0.1, 0.15) is 18.1 Å². The van der Waals surface area contributed by atoms with Crippen LogP contribution in [0.15, 0.2) is 72.5 Å². The van der Waals surface area contributed by atoms with Crippen LogP contribution in [0.2, 0.25) is 0 Å². The first kappa shape index (κ1) is 17.1. The van der Waals surface area contributed by atoms with Crippen molar-refractivity contribution >= 4 is 11.9 Å². The number of Topliss-reactive ketones (excluding diaryl/α,β-unsaturated/α-hetero) is 1. The first-order valence-corrected chi connectivity index (χ1v) is 8.93. The minimum Gasteiger partial charge on any atom is -0.489 e. The van der Waals surface area contributed by atoms with Crippen LogP contribution in [0.25, 0.3) is 6.08 Å². The third-order valence-electron chi connectivity index (χ3n) is 4.77. The van der Waals surface area contributed by atoms with Crippen molar-refractivity contribution in [2.45, 2.75) is 20.5 Å². The number of aryl methyl sites for hydroxylation is 2. The van der Waals surface area contributed by atoms with Gasteiger partial charge in [0.2, 0.25) is 5.78 Å². The number of carbonyl (C=O) groups excluding carboxylic acids is 1. The number of rotatable bonds is 4. The monoisotopic (exact) mass is 356 g/mol. The standard InChI is InChI=1S/C24H20O3/c1-16-7-3-5-9-18(16)13-23-24(25)21-12-11-20(14-22(21)27-23)26-15-19-10-6-4-8-17(19)2/h3-14H,15H2,1-2H3. The first-order chi connectivity index (χ1) is 13.1. The normalized spacial score (nSPS) is 14.1. The van der Waals surface area contributed by atoms with Crippen molar-refractivity contribution in [2.24, 2.45) is 0 Å². The van der Waals surface area contributed by atoms with Gasteiger partial charge in [-0.1, -0.05) is 48.5 Å². The fourth-order valence-electron chi connectivity index (χ4n) is 3.08. The lowest BCUT2D eigenvalue weighted by Gasteiger charge is -2.09. The summed E-state index contributed by atoms with van der Waals surface area (Å²) < 4.78 is 11.7. The second-order valence-corrected chi connectivity index (χ2v) is 6.67. The summed E-state index contributed by atoms with van der Waals surface area (Å²) in [5.41, 5.74) is 4.96. The third-order valence-corrected chi connectivity index (χ3v) is 4.77. The van der Waals surface area contributed by atoms with Crippen LogP contribution in [0.4, 0.5) is 0 Å². The summed E-state index contributed by atoms with van der Waals surface area (Å²) in [6.07, 6.45) is 1.80. The fraction of sp³-hybridized carbons (Fsp3) is 0.125. The second-order valence-electron chi connectivity index (χ2n) is 6.67. The summed E-state index contributed by atoms with van der Waals surface area (Å²) in [6.45, 7) is 4.55. The summed E-state index contributed by atoms with van der Waals surface area (Å²) in [6, 6.07) is 21.4. The van der Waals surface area contributed by atoms with Crippen molar-refractivity contribution in [1.82, 2.24) is 0 Å². The molecule has 0 bridgehead atoms. The molecule has 0 aromatic heterocycles. The van der Waals surface area contributed by atoms with Gasteiger partial charge in [-0.3, -0.25) is 4.79 Å². The lowest BCUT2D eigenvalue weighted by molar-refractivity contribution is 0.101. The van der Waals surface area contributed by atoms with Gasteiger partial charge in [0.05, 0.1) is 5.56 Å². The Kier molecular flexibility index (Phi) is 4.51. The third kappa shape index (κ3) is 3.49. The van der Waals surface area contributed by atoms with Crippen LogP contribution in [0.5, 0.6) is 11.5 Å². The molecule has 0 N–H and O–H groups in total. The van der Waals surface area contributed by atoms with Crippen molar-refractivity contribution in [3.05, 3.63) is 100 Å². The molecule has 4 rings (SSSR count). The summed E-state index contributed by atoms with van der Waals surface area (Å²) in [5, 5.41) is 0. The van der Waals surface area contributed by atoms with E-state index in [-0.39, 0.29) is 5.78 Å². The molecule has 3 aromatic rings. The van der Waals surface area contributed by atoms with Gasteiger partial charge in [0, 0.05) is 6.07 Å². The average Bonchev–Trinajstić information content (AvgIpc) is 2.98. The van der Waals surface area contributed by atoms with E-state index >= 15 is 0 Å².